The van der Waals surface area contributed by atoms with Crippen molar-refractivity contribution in [2.45, 2.75) is 0 Å². The van der Waals surface area contributed by atoms with Crippen LogP contribution in [-0.4, -0.2) is 54.4 Å². The fourth-order valence-electron chi connectivity index (χ4n) is 0. The zero-order valence-electron chi connectivity index (χ0n) is 3.86. The Balaban J connectivity index is 0. The van der Waals surface area contributed by atoms with Crippen molar-refractivity contribution in [2.75, 3.05) is 0 Å². The van der Waals surface area contributed by atoms with Crippen LogP contribution in [0.25, 0.3) is 0 Å². The van der Waals surface area contributed by atoms with Crippen molar-refractivity contribution in [1.29, 1.82) is 0 Å². The van der Waals surface area contributed by atoms with Gasteiger partial charge in [-0.15, -0.1) is 0 Å². The molecule has 0 rings (SSSR count). The molecule has 0 saturated heterocycles. The molecule has 0 atom stereocenters. The minimum absolute atomic E-state index is 0. The van der Waals surface area contributed by atoms with Gasteiger partial charge in [0, 0.05) is 57.0 Å². The molecule has 0 bridgehead atoms. The summed E-state index contributed by atoms with van der Waals surface area (Å²) < 4.78 is 0. The summed E-state index contributed by atoms with van der Waals surface area (Å²) in [6, 6.07) is 0. The Hall–Kier alpha value is 3.38. The van der Waals surface area contributed by atoms with E-state index in [2.05, 4.69) is 0 Å². The van der Waals surface area contributed by atoms with Crippen molar-refractivity contribution >= 4 is 48.9 Å². The topological polar surface area (TPSA) is 31.5 Å². The summed E-state index contributed by atoms with van der Waals surface area (Å²) >= 11 is 0. The monoisotopic (exact) mass is 379 g/mol. The first kappa shape index (κ1) is 26.3. The molecule has 4 heavy (non-hydrogen) atoms. The zero-order valence-corrected chi connectivity index (χ0v) is 9.51. The first-order chi connectivity index (χ1) is 0. The SMILES string of the molecule is O.[Ba+2].[Cu].[Gd].[H-].[H-]. The van der Waals surface area contributed by atoms with E-state index in [1.165, 1.54) is 0 Å². The van der Waals surface area contributed by atoms with Crippen LogP contribution in [0.1, 0.15) is 2.85 Å². The molecule has 0 aliphatic carbocycles. The fraction of sp³-hybridized carbons (Fsp3) is 0. The van der Waals surface area contributed by atoms with E-state index in [1.807, 2.05) is 0 Å². The van der Waals surface area contributed by atoms with Crippen LogP contribution < -0.4 is 0 Å². The van der Waals surface area contributed by atoms with E-state index in [0.29, 0.717) is 0 Å². The van der Waals surface area contributed by atoms with Crippen LogP contribution >= 0.6 is 0 Å². The quantitative estimate of drug-likeness (QED) is 0.486. The Morgan fingerprint density at radius 2 is 1.25 bits per heavy atom. The van der Waals surface area contributed by atoms with Gasteiger partial charge in [0.2, 0.25) is 0 Å². The van der Waals surface area contributed by atoms with E-state index in [0.717, 1.165) is 0 Å². The van der Waals surface area contributed by atoms with Gasteiger partial charge in [0.25, 0.3) is 0 Å². The molecule has 2 N–H and O–H groups in total. The maximum atomic E-state index is 0. The van der Waals surface area contributed by atoms with Crippen molar-refractivity contribution in [1.82, 2.24) is 0 Å². The van der Waals surface area contributed by atoms with Gasteiger partial charge in [-0.3, -0.25) is 0 Å². The Bertz CT molecular complexity index is 13.5. The molecule has 0 aliphatic heterocycles. The molecule has 0 fully saturated rings. The third-order valence-electron chi connectivity index (χ3n) is 0. The van der Waals surface area contributed by atoms with E-state index >= 15 is 0 Å². The Morgan fingerprint density at radius 3 is 1.25 bits per heavy atom. The molecule has 4 heteroatoms. The second-order valence-corrected chi connectivity index (χ2v) is 0. The van der Waals surface area contributed by atoms with E-state index in [4.69, 9.17) is 0 Å². The molecule has 0 aliphatic rings. The summed E-state index contributed by atoms with van der Waals surface area (Å²) in [5.74, 6) is 0. The smallest absolute Gasteiger partial charge is 1.00 e. The van der Waals surface area contributed by atoms with Crippen molar-refractivity contribution in [2.24, 2.45) is 0 Å². The van der Waals surface area contributed by atoms with Gasteiger partial charge >= 0.3 is 48.9 Å². The van der Waals surface area contributed by atoms with Crippen molar-refractivity contribution in [3.8, 4) is 0 Å². The maximum Gasteiger partial charge on any atom is 2.00 e. The molecular weight excluding hydrogens is 374 g/mol. The third kappa shape index (κ3) is 9.03. The first-order valence-electron chi connectivity index (χ1n) is 0. The van der Waals surface area contributed by atoms with Gasteiger partial charge < -0.3 is 8.33 Å². The van der Waals surface area contributed by atoms with Gasteiger partial charge in [0.05, 0.1) is 0 Å². The molecule has 1 nitrogen and oxygen atoms in total. The summed E-state index contributed by atoms with van der Waals surface area (Å²) in [5.41, 5.74) is 0. The van der Waals surface area contributed by atoms with Gasteiger partial charge in [-0.25, -0.2) is 0 Å². The second-order valence-electron chi connectivity index (χ2n) is 0. The summed E-state index contributed by atoms with van der Waals surface area (Å²) in [7, 11) is 0. The average Bonchev–Trinajstić information content (AvgIpc) is 0. The molecule has 0 aromatic heterocycles. The molecule has 0 unspecified atom stereocenters. The molecule has 0 heterocycles. The predicted molar refractivity (Wildman–Crippen MR) is 11.6 cm³/mol. The van der Waals surface area contributed by atoms with Crippen LogP contribution in [0.4, 0.5) is 0 Å². The van der Waals surface area contributed by atoms with Crippen LogP contribution in [0.5, 0.6) is 0 Å². The molecule has 0 aromatic carbocycles. The maximum absolute atomic E-state index is 0. The van der Waals surface area contributed by atoms with Gasteiger partial charge in [-0.1, -0.05) is 0 Å². The molecule has 0 aromatic rings. The van der Waals surface area contributed by atoms with Crippen molar-refractivity contribution in [3.05, 3.63) is 0 Å². The fourth-order valence-corrected chi connectivity index (χ4v) is 0. The van der Waals surface area contributed by atoms with E-state index in [9.17, 15) is 0 Å². The Kier molecular flexibility index (Phi) is 106. The number of hydrogen-bond acceptors (Lipinski definition) is 0. The molecule has 0 amide bonds. The number of hydrogen-bond donors (Lipinski definition) is 0. The van der Waals surface area contributed by atoms with E-state index in [1.54, 1.807) is 0 Å². The molecule has 1 radical (unpaired) electrons. The first-order valence-corrected chi connectivity index (χ1v) is 0. The standard InChI is InChI=1S/Ba.Cu.Gd.H2O.2H/h;;;1H2;;/q+2;;;;2*-1. The van der Waals surface area contributed by atoms with Crippen LogP contribution in [0.2, 0.25) is 0 Å². The third-order valence-corrected chi connectivity index (χ3v) is 0. The van der Waals surface area contributed by atoms with Gasteiger partial charge in [0.15, 0.2) is 0 Å². The molecular formula is H4BaCuGdO. The summed E-state index contributed by atoms with van der Waals surface area (Å²) in [6.07, 6.45) is 0. The summed E-state index contributed by atoms with van der Waals surface area (Å²) in [4.78, 5) is 0. The molecule has 0 spiro atoms. The normalized spacial score (nSPS) is 0. The van der Waals surface area contributed by atoms with Crippen LogP contribution in [-0.2, 0) is 17.1 Å². The van der Waals surface area contributed by atoms with Gasteiger partial charge in [-0.05, 0) is 0 Å². The van der Waals surface area contributed by atoms with Crippen molar-refractivity contribution in [3.63, 3.8) is 0 Å². The van der Waals surface area contributed by atoms with Crippen molar-refractivity contribution < 1.29 is 65.3 Å². The zero-order chi connectivity index (χ0) is 0. The van der Waals surface area contributed by atoms with Crippen LogP contribution in [0.3, 0.4) is 0 Å². The van der Waals surface area contributed by atoms with E-state index < -0.39 is 0 Å². The summed E-state index contributed by atoms with van der Waals surface area (Å²) in [5, 5.41) is 0. The van der Waals surface area contributed by atoms with Crippen LogP contribution in [0, 0.1) is 39.9 Å². The Morgan fingerprint density at radius 1 is 1.25 bits per heavy atom. The largest absolute Gasteiger partial charge is 2.00 e. The Labute approximate surface area is 111 Å². The average molecular weight is 378 g/mol. The number of rotatable bonds is 0. The molecule has 0 saturated carbocycles. The predicted octanol–water partition coefficient (Wildman–Crippen LogP) is -0.983. The summed E-state index contributed by atoms with van der Waals surface area (Å²) in [6.45, 7) is 0. The van der Waals surface area contributed by atoms with Gasteiger partial charge in [-0.2, -0.15) is 0 Å². The van der Waals surface area contributed by atoms with E-state index in [-0.39, 0.29) is 114 Å². The second kappa shape index (κ2) is 16.2. The minimum atomic E-state index is 0. The van der Waals surface area contributed by atoms with Crippen LogP contribution in [0.15, 0.2) is 0 Å². The van der Waals surface area contributed by atoms with Gasteiger partial charge in [0.1, 0.15) is 0 Å². The minimum Gasteiger partial charge on any atom is -1.00 e. The molecule has 31 valence electrons.